The first-order valence-corrected chi connectivity index (χ1v) is 6.83. The van der Waals surface area contributed by atoms with Crippen molar-refractivity contribution in [3.8, 4) is 11.5 Å². The minimum Gasteiger partial charge on any atom is -0.504 e. The SMILES string of the molecule is COc1cccc(C=O)c1O.NC(Cc1ccccc1)C(=O)O. The van der Waals surface area contributed by atoms with E-state index in [-0.39, 0.29) is 11.3 Å². The van der Waals surface area contributed by atoms with Crippen molar-refractivity contribution in [2.75, 3.05) is 7.11 Å². The third-order valence-electron chi connectivity index (χ3n) is 2.99. The summed E-state index contributed by atoms with van der Waals surface area (Å²) in [4.78, 5) is 20.7. The number of phenolic OH excluding ortho intramolecular Hbond substituents is 1. The van der Waals surface area contributed by atoms with E-state index in [9.17, 15) is 14.7 Å². The Morgan fingerprint density at radius 1 is 1.22 bits per heavy atom. The molecule has 0 saturated carbocycles. The summed E-state index contributed by atoms with van der Waals surface area (Å²) < 4.78 is 4.78. The minimum absolute atomic E-state index is 0.106. The molecule has 2 rings (SSSR count). The smallest absolute Gasteiger partial charge is 0.320 e. The molecule has 1 atom stereocenters. The van der Waals surface area contributed by atoms with Crippen LogP contribution in [0.4, 0.5) is 0 Å². The molecule has 0 fully saturated rings. The van der Waals surface area contributed by atoms with Crippen LogP contribution in [0.5, 0.6) is 11.5 Å². The van der Waals surface area contributed by atoms with E-state index in [0.717, 1.165) is 5.56 Å². The van der Waals surface area contributed by atoms with Gasteiger partial charge in [-0.15, -0.1) is 0 Å². The van der Waals surface area contributed by atoms with Gasteiger partial charge in [-0.1, -0.05) is 36.4 Å². The fourth-order valence-electron chi connectivity index (χ4n) is 1.75. The van der Waals surface area contributed by atoms with Gasteiger partial charge >= 0.3 is 5.97 Å². The molecule has 0 aliphatic carbocycles. The summed E-state index contributed by atoms with van der Waals surface area (Å²) in [5.41, 5.74) is 6.54. The monoisotopic (exact) mass is 317 g/mol. The number of hydrogen-bond acceptors (Lipinski definition) is 5. The predicted octanol–water partition coefficient (Wildman–Crippen LogP) is 1.85. The molecule has 6 nitrogen and oxygen atoms in total. The third kappa shape index (κ3) is 5.80. The van der Waals surface area contributed by atoms with Gasteiger partial charge in [0.25, 0.3) is 0 Å². The van der Waals surface area contributed by atoms with E-state index < -0.39 is 12.0 Å². The molecule has 23 heavy (non-hydrogen) atoms. The number of carboxylic acids is 1. The maximum absolute atomic E-state index is 10.4. The van der Waals surface area contributed by atoms with Gasteiger partial charge in [-0.2, -0.15) is 0 Å². The van der Waals surface area contributed by atoms with Gasteiger partial charge in [-0.3, -0.25) is 9.59 Å². The Hall–Kier alpha value is -2.86. The average Bonchev–Trinajstić information content (AvgIpc) is 2.56. The summed E-state index contributed by atoms with van der Waals surface area (Å²) in [6.07, 6.45) is 0.966. The highest BCUT2D eigenvalue weighted by Gasteiger charge is 2.10. The lowest BCUT2D eigenvalue weighted by atomic mass is 10.1. The number of aliphatic carboxylic acids is 1. The maximum Gasteiger partial charge on any atom is 0.320 e. The molecule has 2 aromatic rings. The molecule has 2 aromatic carbocycles. The predicted molar refractivity (Wildman–Crippen MR) is 85.8 cm³/mol. The molecular weight excluding hydrogens is 298 g/mol. The number of phenols is 1. The van der Waals surface area contributed by atoms with Gasteiger partial charge in [0, 0.05) is 0 Å². The first-order valence-electron chi connectivity index (χ1n) is 6.83. The lowest BCUT2D eigenvalue weighted by molar-refractivity contribution is -0.138. The van der Waals surface area contributed by atoms with Crippen LogP contribution in [0.1, 0.15) is 15.9 Å². The highest BCUT2D eigenvalue weighted by molar-refractivity contribution is 5.80. The number of para-hydroxylation sites is 1. The van der Waals surface area contributed by atoms with Gasteiger partial charge < -0.3 is 20.7 Å². The average molecular weight is 317 g/mol. The summed E-state index contributed by atoms with van der Waals surface area (Å²) in [7, 11) is 1.43. The van der Waals surface area contributed by atoms with Crippen molar-refractivity contribution in [2.45, 2.75) is 12.5 Å². The Balaban J connectivity index is 0.000000231. The second-order valence-electron chi connectivity index (χ2n) is 4.65. The van der Waals surface area contributed by atoms with E-state index in [1.54, 1.807) is 12.1 Å². The van der Waals surface area contributed by atoms with Crippen molar-refractivity contribution in [2.24, 2.45) is 5.73 Å². The van der Waals surface area contributed by atoms with Crippen LogP contribution >= 0.6 is 0 Å². The normalized spacial score (nSPS) is 10.9. The van der Waals surface area contributed by atoms with E-state index >= 15 is 0 Å². The topological polar surface area (TPSA) is 110 Å². The first-order chi connectivity index (χ1) is 11.0. The van der Waals surface area contributed by atoms with Crippen molar-refractivity contribution >= 4 is 12.3 Å². The zero-order chi connectivity index (χ0) is 17.2. The van der Waals surface area contributed by atoms with Gasteiger partial charge in [0.05, 0.1) is 12.7 Å². The second-order valence-corrected chi connectivity index (χ2v) is 4.65. The molecule has 0 spiro atoms. The van der Waals surface area contributed by atoms with Crippen molar-refractivity contribution in [3.05, 3.63) is 59.7 Å². The zero-order valence-corrected chi connectivity index (χ0v) is 12.7. The van der Waals surface area contributed by atoms with Crippen molar-refractivity contribution in [1.82, 2.24) is 0 Å². The highest BCUT2D eigenvalue weighted by Crippen LogP contribution is 2.27. The van der Waals surface area contributed by atoms with E-state index in [2.05, 4.69) is 0 Å². The number of nitrogens with two attached hydrogens (primary N) is 1. The number of methoxy groups -OCH3 is 1. The molecule has 4 N–H and O–H groups in total. The molecular formula is C17H19NO5. The number of aldehydes is 1. The Labute approximate surface area is 134 Å². The summed E-state index contributed by atoms with van der Waals surface area (Å²) in [5, 5.41) is 17.8. The molecule has 0 radical (unpaired) electrons. The van der Waals surface area contributed by atoms with Crippen molar-refractivity contribution < 1.29 is 24.5 Å². The Bertz CT molecular complexity index is 643. The van der Waals surface area contributed by atoms with Gasteiger partial charge in [0.15, 0.2) is 17.8 Å². The molecule has 6 heteroatoms. The summed E-state index contributed by atoms with van der Waals surface area (Å²) in [6.45, 7) is 0. The first kappa shape index (κ1) is 18.2. The maximum atomic E-state index is 10.4. The standard InChI is InChI=1S/C9H11NO2.C8H8O3/c10-8(9(11)12)6-7-4-2-1-3-5-7;1-11-7-4-2-3-6(5-9)8(7)10/h1-5,8H,6,10H2,(H,11,12);2-5,10H,1H3. The molecule has 0 aromatic heterocycles. The van der Waals surface area contributed by atoms with Gasteiger partial charge in [0.1, 0.15) is 6.04 Å². The number of aromatic hydroxyl groups is 1. The highest BCUT2D eigenvalue weighted by atomic mass is 16.5. The molecule has 0 bridgehead atoms. The fourth-order valence-corrected chi connectivity index (χ4v) is 1.75. The Kier molecular flexibility index (Phi) is 7.29. The number of ether oxygens (including phenoxy) is 1. The molecule has 0 amide bonds. The van der Waals surface area contributed by atoms with Crippen LogP contribution < -0.4 is 10.5 Å². The van der Waals surface area contributed by atoms with Crippen LogP contribution in [0.3, 0.4) is 0 Å². The lowest BCUT2D eigenvalue weighted by Gasteiger charge is -2.04. The van der Waals surface area contributed by atoms with E-state index in [1.165, 1.54) is 13.2 Å². The quantitative estimate of drug-likeness (QED) is 0.726. The number of carbonyl (C=O) groups is 2. The molecule has 0 aliphatic rings. The van der Waals surface area contributed by atoms with Crippen molar-refractivity contribution in [1.29, 1.82) is 0 Å². The van der Waals surface area contributed by atoms with E-state index in [0.29, 0.717) is 18.5 Å². The number of benzene rings is 2. The lowest BCUT2D eigenvalue weighted by Crippen LogP contribution is -2.32. The number of rotatable bonds is 5. The summed E-state index contributed by atoms with van der Waals surface area (Å²) in [6, 6.07) is 13.3. The summed E-state index contributed by atoms with van der Waals surface area (Å²) in [5.74, 6) is -0.751. The van der Waals surface area contributed by atoms with Gasteiger partial charge in [-0.05, 0) is 24.1 Å². The van der Waals surface area contributed by atoms with E-state index in [1.807, 2.05) is 30.3 Å². The fraction of sp³-hybridized carbons (Fsp3) is 0.176. The molecule has 122 valence electrons. The zero-order valence-electron chi connectivity index (χ0n) is 12.7. The number of carbonyl (C=O) groups excluding carboxylic acids is 1. The number of hydrogen-bond donors (Lipinski definition) is 3. The number of carboxylic acid groups (broad SMARTS) is 1. The molecule has 0 aliphatic heterocycles. The molecule has 1 unspecified atom stereocenters. The third-order valence-corrected chi connectivity index (χ3v) is 2.99. The van der Waals surface area contributed by atoms with Crippen LogP contribution in [-0.4, -0.2) is 35.6 Å². The van der Waals surface area contributed by atoms with Crippen LogP contribution in [-0.2, 0) is 11.2 Å². The van der Waals surface area contributed by atoms with E-state index in [4.69, 9.17) is 15.6 Å². The van der Waals surface area contributed by atoms with Gasteiger partial charge in [-0.25, -0.2) is 0 Å². The van der Waals surface area contributed by atoms with Crippen LogP contribution in [0.25, 0.3) is 0 Å². The molecule has 0 saturated heterocycles. The largest absolute Gasteiger partial charge is 0.504 e. The minimum atomic E-state index is -0.959. The molecule has 0 heterocycles. The van der Waals surface area contributed by atoms with Crippen LogP contribution in [0, 0.1) is 0 Å². The van der Waals surface area contributed by atoms with Crippen molar-refractivity contribution in [3.63, 3.8) is 0 Å². The Morgan fingerprint density at radius 2 is 1.87 bits per heavy atom. The second kappa shape index (κ2) is 9.22. The van der Waals surface area contributed by atoms with Crippen LogP contribution in [0.2, 0.25) is 0 Å². The van der Waals surface area contributed by atoms with Gasteiger partial charge in [0.2, 0.25) is 0 Å². The Morgan fingerprint density at radius 3 is 2.39 bits per heavy atom. The van der Waals surface area contributed by atoms with Crippen LogP contribution in [0.15, 0.2) is 48.5 Å². The summed E-state index contributed by atoms with van der Waals surface area (Å²) >= 11 is 0.